The predicted molar refractivity (Wildman–Crippen MR) is 182 cm³/mol. The number of ether oxygens (including phenoxy) is 3. The lowest BCUT2D eigenvalue weighted by molar-refractivity contribution is 0.0515. The molecule has 11 nitrogen and oxygen atoms in total. The largest absolute Gasteiger partial charge is 0.472 e. The Balaban J connectivity index is 1.16. The number of carbonyl (C=O) groups is 3. The van der Waals surface area contributed by atoms with Gasteiger partial charge in [-0.3, -0.25) is 4.79 Å². The number of morpholine rings is 1. The van der Waals surface area contributed by atoms with Crippen molar-refractivity contribution in [3.8, 4) is 16.9 Å². The van der Waals surface area contributed by atoms with Gasteiger partial charge in [-0.15, -0.1) is 0 Å². The molecule has 14 heteroatoms. The van der Waals surface area contributed by atoms with Crippen molar-refractivity contribution in [2.75, 3.05) is 56.5 Å². The summed E-state index contributed by atoms with van der Waals surface area (Å²) in [6, 6.07) is 11.6. The molecule has 49 heavy (non-hydrogen) atoms. The monoisotopic (exact) mass is 712 g/mol. The number of piperazine rings is 1. The molecule has 2 unspecified atom stereocenters. The van der Waals surface area contributed by atoms with E-state index >= 15 is 4.39 Å². The van der Waals surface area contributed by atoms with Crippen LogP contribution in [0, 0.1) is 5.82 Å². The maximum atomic E-state index is 15.9. The molecule has 3 saturated heterocycles. The number of hydrogen-bond donors (Lipinski definition) is 1. The summed E-state index contributed by atoms with van der Waals surface area (Å²) < 4.78 is 32.8. The minimum atomic E-state index is -0.966. The molecule has 4 heterocycles. The van der Waals surface area contributed by atoms with E-state index in [0.29, 0.717) is 61.1 Å². The van der Waals surface area contributed by atoms with E-state index in [1.165, 1.54) is 23.0 Å². The van der Waals surface area contributed by atoms with Crippen LogP contribution in [-0.4, -0.2) is 97.7 Å². The molecule has 3 aromatic rings. The van der Waals surface area contributed by atoms with Gasteiger partial charge in [0.1, 0.15) is 11.6 Å². The van der Waals surface area contributed by atoms with Crippen molar-refractivity contribution in [1.29, 1.82) is 0 Å². The molecule has 0 spiro atoms. The fourth-order valence-electron chi connectivity index (χ4n) is 7.50. The van der Waals surface area contributed by atoms with Gasteiger partial charge >= 0.3 is 12.1 Å². The first-order valence-corrected chi connectivity index (χ1v) is 16.9. The van der Waals surface area contributed by atoms with Crippen LogP contribution in [0.15, 0.2) is 42.5 Å². The molecule has 0 aliphatic carbocycles. The number of carbonyl (C=O) groups excluding carboxylic acids is 2. The topological polar surface area (TPSA) is 112 Å². The zero-order valence-corrected chi connectivity index (χ0v) is 28.5. The quantitative estimate of drug-likeness (QED) is 0.312. The Hall–Kier alpha value is -4.26. The molecule has 3 atom stereocenters. The van der Waals surface area contributed by atoms with Crippen LogP contribution >= 0.6 is 23.2 Å². The predicted octanol–water partition coefficient (Wildman–Crippen LogP) is 6.13. The summed E-state index contributed by atoms with van der Waals surface area (Å²) in [6.07, 6.45) is 0.850. The number of carboxylic acid groups (broad SMARTS) is 1. The first-order chi connectivity index (χ1) is 23.5. The molecule has 1 N–H and O–H groups in total. The summed E-state index contributed by atoms with van der Waals surface area (Å²) in [5.41, 5.74) is 3.00. The van der Waals surface area contributed by atoms with E-state index in [0.717, 1.165) is 12.8 Å². The van der Waals surface area contributed by atoms with Crippen molar-refractivity contribution in [3.05, 3.63) is 75.0 Å². The highest BCUT2D eigenvalue weighted by atomic mass is 35.5. The standard InChI is InChI=1S/C35H35Cl2FN4O7/c1-19-14-39(35(45)46)8-9-41(19)23-10-27(36)31(28(37)11-23)33(43)40-15-20-4-3-5-24(32(20)49-18-40)25-13-30(26(12-29(25)38)34(44)47-2)42-21-6-7-22(42)17-48-16-21/h3-5,10-13,19,21-22H,6-9,14-18H2,1-2H3,(H,45,46)/t19-,21?,22?/m1/s1. The second kappa shape index (κ2) is 13.2. The number of benzene rings is 3. The zero-order valence-electron chi connectivity index (χ0n) is 27.0. The molecule has 2 amide bonds. The van der Waals surface area contributed by atoms with Crippen molar-refractivity contribution in [2.45, 2.75) is 44.4 Å². The maximum Gasteiger partial charge on any atom is 0.407 e. The number of fused-ring (bicyclic) bond motifs is 3. The van der Waals surface area contributed by atoms with Gasteiger partial charge in [0.15, 0.2) is 6.73 Å². The number of para-hydroxylation sites is 1. The van der Waals surface area contributed by atoms with Crippen molar-refractivity contribution >= 4 is 52.5 Å². The van der Waals surface area contributed by atoms with Gasteiger partial charge in [0.25, 0.3) is 5.91 Å². The highest BCUT2D eigenvalue weighted by molar-refractivity contribution is 6.40. The minimum Gasteiger partial charge on any atom is -0.472 e. The van der Waals surface area contributed by atoms with Gasteiger partial charge in [-0.05, 0) is 44.0 Å². The molecular formula is C35H35Cl2FN4O7. The van der Waals surface area contributed by atoms with Crippen molar-refractivity contribution in [1.82, 2.24) is 9.80 Å². The third-order valence-electron chi connectivity index (χ3n) is 9.88. The van der Waals surface area contributed by atoms with Crippen molar-refractivity contribution in [3.63, 3.8) is 0 Å². The highest BCUT2D eigenvalue weighted by Crippen LogP contribution is 2.43. The fraction of sp³-hybridized carbons (Fsp3) is 0.400. The normalized spacial score (nSPS) is 21.7. The number of nitrogens with zero attached hydrogens (tertiary/aromatic N) is 4. The number of rotatable bonds is 5. The van der Waals surface area contributed by atoms with Gasteiger partial charge in [-0.25, -0.2) is 14.0 Å². The summed E-state index contributed by atoms with van der Waals surface area (Å²) in [4.78, 5) is 45.0. The molecule has 4 aliphatic heterocycles. The Kier molecular flexibility index (Phi) is 8.97. The van der Waals surface area contributed by atoms with Crippen LogP contribution in [0.25, 0.3) is 11.1 Å². The summed E-state index contributed by atoms with van der Waals surface area (Å²) in [5.74, 6) is -1.21. The Labute approximate surface area is 292 Å². The van der Waals surface area contributed by atoms with Gasteiger partial charge in [0.05, 0.1) is 65.8 Å². The van der Waals surface area contributed by atoms with Crippen LogP contribution in [0.4, 0.5) is 20.6 Å². The molecule has 7 rings (SSSR count). The second-order valence-corrected chi connectivity index (χ2v) is 13.6. The first kappa shape index (κ1) is 33.2. The van der Waals surface area contributed by atoms with Crippen molar-refractivity contribution < 1.29 is 38.1 Å². The van der Waals surface area contributed by atoms with Gasteiger partial charge in [-0.2, -0.15) is 0 Å². The van der Waals surface area contributed by atoms with Crippen LogP contribution in [-0.2, 0) is 16.0 Å². The fourth-order valence-corrected chi connectivity index (χ4v) is 8.13. The first-order valence-electron chi connectivity index (χ1n) is 16.1. The summed E-state index contributed by atoms with van der Waals surface area (Å²) in [7, 11) is 1.28. The number of amides is 2. The van der Waals surface area contributed by atoms with E-state index < -0.39 is 23.8 Å². The summed E-state index contributed by atoms with van der Waals surface area (Å²) in [6.45, 7) is 4.10. The van der Waals surface area contributed by atoms with Crippen molar-refractivity contribution in [2.24, 2.45) is 0 Å². The lowest BCUT2D eigenvalue weighted by atomic mass is 9.96. The third kappa shape index (κ3) is 6.00. The van der Waals surface area contributed by atoms with Crippen LogP contribution in [0.3, 0.4) is 0 Å². The van der Waals surface area contributed by atoms with E-state index in [2.05, 4.69) is 4.90 Å². The molecule has 0 aromatic heterocycles. The third-order valence-corrected chi connectivity index (χ3v) is 10.5. The molecule has 4 aliphatic rings. The highest BCUT2D eigenvalue weighted by Gasteiger charge is 2.40. The number of anilines is 2. The molecule has 3 aromatic carbocycles. The molecule has 3 fully saturated rings. The minimum absolute atomic E-state index is 0.0687. The number of esters is 1. The smallest absolute Gasteiger partial charge is 0.407 e. The van der Waals surface area contributed by atoms with E-state index in [9.17, 15) is 19.5 Å². The van der Waals surface area contributed by atoms with Gasteiger partial charge in [0.2, 0.25) is 0 Å². The van der Waals surface area contributed by atoms with Crippen LogP contribution < -0.4 is 14.5 Å². The van der Waals surface area contributed by atoms with E-state index in [1.54, 1.807) is 30.3 Å². The molecule has 2 bridgehead atoms. The molecule has 0 radical (unpaired) electrons. The van der Waals surface area contributed by atoms with Crippen LogP contribution in [0.5, 0.6) is 5.75 Å². The average Bonchev–Trinajstić information content (AvgIpc) is 3.33. The number of methoxy groups -OCH3 is 1. The molecule has 258 valence electrons. The average molecular weight is 714 g/mol. The van der Waals surface area contributed by atoms with Gasteiger partial charge in [0, 0.05) is 48.1 Å². The number of hydrogen-bond acceptors (Lipinski definition) is 8. The van der Waals surface area contributed by atoms with E-state index in [-0.39, 0.29) is 58.1 Å². The Morgan fingerprint density at radius 3 is 2.35 bits per heavy atom. The molecule has 0 saturated carbocycles. The SMILES string of the molecule is COC(=O)c1cc(F)c(-c2cccc3c2OCN(C(=O)c2c(Cl)cc(N4CCN(C(=O)O)C[C@H]4C)cc2Cl)C3)cc1N1C2CCC1COC2. The Morgan fingerprint density at radius 2 is 1.69 bits per heavy atom. The van der Waals surface area contributed by atoms with Crippen LogP contribution in [0.2, 0.25) is 10.0 Å². The number of halogens is 3. The van der Waals surface area contributed by atoms with E-state index in [4.69, 9.17) is 37.4 Å². The maximum absolute atomic E-state index is 15.9. The lowest BCUT2D eigenvalue weighted by Crippen LogP contribution is -2.53. The molecular weight excluding hydrogens is 678 g/mol. The summed E-state index contributed by atoms with van der Waals surface area (Å²) in [5, 5.41) is 9.69. The Bertz CT molecular complexity index is 1800. The van der Waals surface area contributed by atoms with E-state index in [1.807, 2.05) is 17.9 Å². The lowest BCUT2D eigenvalue weighted by Gasteiger charge is -2.40. The van der Waals surface area contributed by atoms with Crippen LogP contribution in [0.1, 0.15) is 46.0 Å². The summed E-state index contributed by atoms with van der Waals surface area (Å²) >= 11 is 13.4. The second-order valence-electron chi connectivity index (χ2n) is 12.8. The zero-order chi connectivity index (χ0) is 34.6. The Morgan fingerprint density at radius 1 is 0.980 bits per heavy atom. The van der Waals surface area contributed by atoms with Gasteiger partial charge in [-0.1, -0.05) is 41.4 Å². The van der Waals surface area contributed by atoms with Gasteiger partial charge < -0.3 is 38.9 Å².